The van der Waals surface area contributed by atoms with Crippen LogP contribution >= 0.6 is 0 Å². The Balaban J connectivity index is 0.000000187. The average molecular weight is 364 g/mol. The van der Waals surface area contributed by atoms with Crippen molar-refractivity contribution in [1.29, 1.82) is 0 Å². The first-order valence-electron chi connectivity index (χ1n) is 7.91. The van der Waals surface area contributed by atoms with E-state index in [2.05, 4.69) is 34.6 Å². The van der Waals surface area contributed by atoms with Crippen LogP contribution < -0.4 is 5.32 Å². The monoisotopic (exact) mass is 364 g/mol. The number of aliphatic carboxylic acids is 3. The lowest BCUT2D eigenvalue weighted by atomic mass is 9.96. The number of aromatic nitrogens is 1. The predicted molar refractivity (Wildman–Crippen MR) is 90.8 cm³/mol. The zero-order valence-electron chi connectivity index (χ0n) is 13.9. The van der Waals surface area contributed by atoms with Crippen LogP contribution in [0.3, 0.4) is 0 Å². The molecule has 0 saturated carbocycles. The van der Waals surface area contributed by atoms with E-state index < -0.39 is 36.4 Å². The molecule has 2 heterocycles. The van der Waals surface area contributed by atoms with Crippen LogP contribution in [-0.4, -0.2) is 55.5 Å². The Morgan fingerprint density at radius 3 is 2.23 bits per heavy atom. The van der Waals surface area contributed by atoms with Crippen LogP contribution in [0, 0.1) is 0 Å². The van der Waals surface area contributed by atoms with Crippen molar-refractivity contribution in [2.45, 2.75) is 31.4 Å². The van der Waals surface area contributed by atoms with Gasteiger partial charge in [-0.15, -0.1) is 0 Å². The molecule has 3 rings (SSSR count). The largest absolute Gasteiger partial charge is 0.481 e. The molecule has 1 aromatic heterocycles. The number of carbonyl (C=O) groups is 3. The second-order valence-electron chi connectivity index (χ2n) is 6.03. The summed E-state index contributed by atoms with van der Waals surface area (Å²) >= 11 is 0. The van der Waals surface area contributed by atoms with Gasteiger partial charge in [0.05, 0.1) is 12.8 Å². The first-order chi connectivity index (χ1) is 12.2. The third-order valence-corrected chi connectivity index (χ3v) is 4.04. The molecular weight excluding hydrogens is 344 g/mol. The van der Waals surface area contributed by atoms with Gasteiger partial charge in [-0.25, -0.2) is 4.79 Å². The highest BCUT2D eigenvalue weighted by molar-refractivity contribution is 5.88. The molecule has 140 valence electrons. The fraction of sp³-hybridized carbons (Fsp3) is 0.353. The molecule has 1 aliphatic rings. The Kier molecular flexibility index (Phi) is 5.96. The minimum absolute atomic E-state index is 0.990. The normalized spacial score (nSPS) is 13.4. The number of nitrogens with one attached hydrogen (secondary N) is 2. The molecule has 1 aliphatic heterocycles. The van der Waals surface area contributed by atoms with Gasteiger partial charge in [0, 0.05) is 23.1 Å². The van der Waals surface area contributed by atoms with E-state index >= 15 is 0 Å². The fourth-order valence-electron chi connectivity index (χ4n) is 2.83. The van der Waals surface area contributed by atoms with Gasteiger partial charge in [-0.1, -0.05) is 18.2 Å². The molecule has 9 heteroatoms. The van der Waals surface area contributed by atoms with Crippen LogP contribution in [0.25, 0.3) is 10.9 Å². The summed E-state index contributed by atoms with van der Waals surface area (Å²) in [6.07, 6.45) is -1.14. The second-order valence-corrected chi connectivity index (χ2v) is 6.03. The summed E-state index contributed by atoms with van der Waals surface area (Å²) in [7, 11) is 0. The van der Waals surface area contributed by atoms with E-state index in [4.69, 9.17) is 20.4 Å². The molecule has 1 aromatic carbocycles. The van der Waals surface area contributed by atoms with Crippen LogP contribution in [0.2, 0.25) is 0 Å². The van der Waals surface area contributed by atoms with Crippen molar-refractivity contribution in [1.82, 2.24) is 10.3 Å². The van der Waals surface area contributed by atoms with Gasteiger partial charge in [0.25, 0.3) is 0 Å². The highest BCUT2D eigenvalue weighted by Crippen LogP contribution is 2.24. The summed E-state index contributed by atoms with van der Waals surface area (Å²) in [5, 5.41) is 38.6. The van der Waals surface area contributed by atoms with Crippen LogP contribution in [-0.2, 0) is 27.3 Å². The highest BCUT2D eigenvalue weighted by Gasteiger charge is 2.40. The zero-order chi connectivity index (χ0) is 19.3. The standard InChI is InChI=1S/C11H12N2.C6H8O7/c1-2-4-10-8(3-1)9-5-6-12-7-11(9)13-10;7-3(8)1-6(13,5(11)12)2-4(9)10/h1-4,12-13H,5-7H2;13H,1-2H2,(H,7,8)(H,9,10)(H,11,12). The van der Waals surface area contributed by atoms with E-state index in [0.717, 1.165) is 19.5 Å². The first-order valence-corrected chi connectivity index (χ1v) is 7.91. The molecule has 6 N–H and O–H groups in total. The third kappa shape index (κ3) is 4.58. The number of aromatic amines is 1. The third-order valence-electron chi connectivity index (χ3n) is 4.04. The Morgan fingerprint density at radius 2 is 1.65 bits per heavy atom. The van der Waals surface area contributed by atoms with Crippen molar-refractivity contribution in [3.63, 3.8) is 0 Å². The number of hydrogen-bond acceptors (Lipinski definition) is 5. The van der Waals surface area contributed by atoms with E-state index in [0.29, 0.717) is 0 Å². The minimum atomic E-state index is -2.74. The molecule has 0 spiro atoms. The zero-order valence-corrected chi connectivity index (χ0v) is 13.9. The molecule has 0 bridgehead atoms. The average Bonchev–Trinajstić information content (AvgIpc) is 2.92. The SMILES string of the molecule is O=C(O)CC(O)(CC(=O)O)C(=O)O.c1ccc2c3c([nH]c2c1)CNCC3. The van der Waals surface area contributed by atoms with E-state index in [1.54, 1.807) is 0 Å². The van der Waals surface area contributed by atoms with Crippen LogP contribution in [0.1, 0.15) is 24.1 Å². The van der Waals surface area contributed by atoms with Gasteiger partial charge in [0.15, 0.2) is 5.60 Å². The Hall–Kier alpha value is -2.91. The summed E-state index contributed by atoms with van der Waals surface area (Å²) in [5.74, 6) is -5.02. The number of carboxylic acid groups (broad SMARTS) is 3. The molecule has 0 fully saturated rings. The number of H-pyrrole nitrogens is 1. The van der Waals surface area contributed by atoms with Gasteiger partial charge in [-0.2, -0.15) is 0 Å². The van der Waals surface area contributed by atoms with Gasteiger partial charge in [0.1, 0.15) is 0 Å². The number of hydrogen-bond donors (Lipinski definition) is 6. The first kappa shape index (κ1) is 19.4. The molecule has 2 aromatic rings. The predicted octanol–water partition coefficient (Wildman–Crippen LogP) is 0.565. The summed E-state index contributed by atoms with van der Waals surface area (Å²) in [4.78, 5) is 33.9. The number of aliphatic hydroxyl groups is 1. The fourth-order valence-corrected chi connectivity index (χ4v) is 2.83. The maximum atomic E-state index is 10.3. The molecule has 0 unspecified atom stereocenters. The van der Waals surface area contributed by atoms with Crippen molar-refractivity contribution in [2.75, 3.05) is 6.54 Å². The quantitative estimate of drug-likeness (QED) is 0.449. The van der Waals surface area contributed by atoms with Gasteiger partial charge in [0.2, 0.25) is 0 Å². The van der Waals surface area contributed by atoms with Crippen molar-refractivity contribution < 1.29 is 34.8 Å². The van der Waals surface area contributed by atoms with Crippen molar-refractivity contribution in [3.05, 3.63) is 35.5 Å². The molecule has 0 atom stereocenters. The Morgan fingerprint density at radius 1 is 1.04 bits per heavy atom. The molecule has 9 nitrogen and oxygen atoms in total. The number of rotatable bonds is 5. The maximum Gasteiger partial charge on any atom is 0.336 e. The summed E-state index contributed by atoms with van der Waals surface area (Å²) in [5.41, 5.74) is 1.41. The topological polar surface area (TPSA) is 160 Å². The lowest BCUT2D eigenvalue weighted by Crippen LogP contribution is -2.42. The van der Waals surface area contributed by atoms with Crippen LogP contribution in [0.15, 0.2) is 24.3 Å². The second kappa shape index (κ2) is 7.98. The van der Waals surface area contributed by atoms with Crippen LogP contribution in [0.5, 0.6) is 0 Å². The summed E-state index contributed by atoms with van der Waals surface area (Å²) < 4.78 is 0. The Bertz CT molecular complexity index is 812. The number of para-hydroxylation sites is 1. The van der Waals surface area contributed by atoms with E-state index in [1.165, 1.54) is 22.2 Å². The molecule has 26 heavy (non-hydrogen) atoms. The lowest BCUT2D eigenvalue weighted by Gasteiger charge is -2.18. The molecular formula is C17H20N2O7. The molecule has 0 aliphatic carbocycles. The Labute approximate surface area is 148 Å². The van der Waals surface area contributed by atoms with E-state index in [9.17, 15) is 14.4 Å². The molecule has 0 amide bonds. The van der Waals surface area contributed by atoms with Gasteiger partial charge >= 0.3 is 17.9 Å². The highest BCUT2D eigenvalue weighted by atomic mass is 16.4. The van der Waals surface area contributed by atoms with Gasteiger partial charge in [-0.05, 0) is 24.6 Å². The number of carboxylic acids is 3. The van der Waals surface area contributed by atoms with Crippen molar-refractivity contribution >= 4 is 28.8 Å². The number of benzene rings is 1. The van der Waals surface area contributed by atoms with E-state index in [1.807, 2.05) is 0 Å². The molecule has 0 radical (unpaired) electrons. The van der Waals surface area contributed by atoms with Crippen molar-refractivity contribution in [3.8, 4) is 0 Å². The molecule has 0 saturated heterocycles. The minimum Gasteiger partial charge on any atom is -0.481 e. The lowest BCUT2D eigenvalue weighted by molar-refractivity contribution is -0.170. The van der Waals surface area contributed by atoms with Gasteiger partial charge in [-0.3, -0.25) is 9.59 Å². The van der Waals surface area contributed by atoms with Gasteiger partial charge < -0.3 is 30.7 Å². The van der Waals surface area contributed by atoms with E-state index in [-0.39, 0.29) is 0 Å². The summed E-state index contributed by atoms with van der Waals surface area (Å²) in [6, 6.07) is 8.54. The van der Waals surface area contributed by atoms with Crippen molar-refractivity contribution in [2.24, 2.45) is 0 Å². The summed E-state index contributed by atoms with van der Waals surface area (Å²) in [6.45, 7) is 2.10. The maximum absolute atomic E-state index is 10.3. The van der Waals surface area contributed by atoms with Crippen LogP contribution in [0.4, 0.5) is 0 Å². The number of fused-ring (bicyclic) bond motifs is 3. The smallest absolute Gasteiger partial charge is 0.336 e.